The van der Waals surface area contributed by atoms with Gasteiger partial charge in [-0.15, -0.1) is 0 Å². The molecule has 0 aromatic heterocycles. The van der Waals surface area contributed by atoms with Gasteiger partial charge in [-0.1, -0.05) is 31.2 Å². The zero-order valence-corrected chi connectivity index (χ0v) is 12.5. The van der Waals surface area contributed by atoms with Crippen molar-refractivity contribution in [3.05, 3.63) is 35.4 Å². The van der Waals surface area contributed by atoms with E-state index in [1.165, 1.54) is 17.5 Å². The van der Waals surface area contributed by atoms with Gasteiger partial charge in [0, 0.05) is 25.2 Å². The average Bonchev–Trinajstić information content (AvgIpc) is 2.72. The summed E-state index contributed by atoms with van der Waals surface area (Å²) in [5.41, 5.74) is 9.25. The van der Waals surface area contributed by atoms with Crippen molar-refractivity contribution in [2.45, 2.75) is 31.8 Å². The Morgan fingerprint density at radius 3 is 2.53 bits per heavy atom. The van der Waals surface area contributed by atoms with Crippen molar-refractivity contribution >= 4 is 0 Å². The summed E-state index contributed by atoms with van der Waals surface area (Å²) in [6.07, 6.45) is 2.29. The van der Waals surface area contributed by atoms with Crippen molar-refractivity contribution in [2.75, 3.05) is 33.7 Å². The molecule has 106 valence electrons. The summed E-state index contributed by atoms with van der Waals surface area (Å²) >= 11 is 0. The largest absolute Gasteiger partial charge is 0.323 e. The number of rotatable bonds is 6. The zero-order valence-electron chi connectivity index (χ0n) is 12.5. The molecule has 0 saturated heterocycles. The minimum atomic E-state index is 0.171. The van der Waals surface area contributed by atoms with E-state index in [1.807, 2.05) is 0 Å². The van der Waals surface area contributed by atoms with Crippen LogP contribution in [-0.2, 0) is 6.42 Å². The van der Waals surface area contributed by atoms with Crippen LogP contribution in [0.1, 0.15) is 30.5 Å². The van der Waals surface area contributed by atoms with E-state index in [4.69, 9.17) is 5.73 Å². The third-order valence-corrected chi connectivity index (χ3v) is 4.07. The number of nitrogens with two attached hydrogens (primary N) is 1. The molecule has 2 atom stereocenters. The normalized spacial score (nSPS) is 22.2. The van der Waals surface area contributed by atoms with Crippen LogP contribution in [0.15, 0.2) is 24.3 Å². The third-order valence-electron chi connectivity index (χ3n) is 4.07. The Hall–Kier alpha value is -0.900. The van der Waals surface area contributed by atoms with Gasteiger partial charge in [0.15, 0.2) is 0 Å². The molecule has 1 aliphatic rings. The Balaban J connectivity index is 2.07. The molecule has 1 aromatic carbocycles. The summed E-state index contributed by atoms with van der Waals surface area (Å²) in [7, 11) is 4.26. The van der Waals surface area contributed by atoms with Crippen LogP contribution < -0.4 is 5.73 Å². The van der Waals surface area contributed by atoms with E-state index in [0.29, 0.717) is 6.04 Å². The van der Waals surface area contributed by atoms with E-state index < -0.39 is 0 Å². The second kappa shape index (κ2) is 6.51. The number of nitrogens with zero attached hydrogens (tertiary/aromatic N) is 2. The molecule has 2 unspecified atom stereocenters. The van der Waals surface area contributed by atoms with E-state index in [2.05, 4.69) is 55.1 Å². The molecule has 1 aliphatic carbocycles. The predicted molar refractivity (Wildman–Crippen MR) is 81.3 cm³/mol. The van der Waals surface area contributed by atoms with E-state index in [0.717, 1.165) is 26.1 Å². The predicted octanol–water partition coefficient (Wildman–Crippen LogP) is 1.88. The van der Waals surface area contributed by atoms with Gasteiger partial charge in [-0.2, -0.15) is 0 Å². The fourth-order valence-corrected chi connectivity index (χ4v) is 3.02. The van der Waals surface area contributed by atoms with Crippen molar-refractivity contribution in [3.63, 3.8) is 0 Å². The first kappa shape index (κ1) is 14.5. The van der Waals surface area contributed by atoms with Gasteiger partial charge in [0.1, 0.15) is 0 Å². The maximum atomic E-state index is 6.47. The van der Waals surface area contributed by atoms with Gasteiger partial charge in [-0.25, -0.2) is 0 Å². The average molecular weight is 261 g/mol. The van der Waals surface area contributed by atoms with Crippen LogP contribution in [0.3, 0.4) is 0 Å². The minimum Gasteiger partial charge on any atom is -0.323 e. The minimum absolute atomic E-state index is 0.171. The molecule has 3 heteroatoms. The molecule has 0 saturated carbocycles. The fraction of sp³-hybridized carbons (Fsp3) is 0.625. The molecule has 2 rings (SSSR count). The van der Waals surface area contributed by atoms with Crippen molar-refractivity contribution in [1.29, 1.82) is 0 Å². The molecule has 1 aromatic rings. The van der Waals surface area contributed by atoms with Crippen molar-refractivity contribution < 1.29 is 0 Å². The van der Waals surface area contributed by atoms with Crippen LogP contribution in [0.4, 0.5) is 0 Å². The highest BCUT2D eigenvalue weighted by Crippen LogP contribution is 2.32. The van der Waals surface area contributed by atoms with Crippen LogP contribution in [0.2, 0.25) is 0 Å². The molecule has 0 heterocycles. The molecule has 19 heavy (non-hydrogen) atoms. The molecular formula is C16H27N3. The SMILES string of the molecule is CCCN(CCN(C)C)C1Cc2ccccc2C1N. The van der Waals surface area contributed by atoms with Gasteiger partial charge in [0.25, 0.3) is 0 Å². The van der Waals surface area contributed by atoms with Crippen LogP contribution in [-0.4, -0.2) is 49.6 Å². The van der Waals surface area contributed by atoms with Crippen molar-refractivity contribution in [2.24, 2.45) is 5.73 Å². The van der Waals surface area contributed by atoms with Crippen LogP contribution in [0.25, 0.3) is 0 Å². The first-order valence-electron chi connectivity index (χ1n) is 7.35. The number of likely N-dealkylation sites (N-methyl/N-ethyl adjacent to an activating group) is 1. The van der Waals surface area contributed by atoms with Gasteiger partial charge in [0.2, 0.25) is 0 Å². The monoisotopic (exact) mass is 261 g/mol. The van der Waals surface area contributed by atoms with Crippen molar-refractivity contribution in [1.82, 2.24) is 9.80 Å². The van der Waals surface area contributed by atoms with Gasteiger partial charge in [-0.05, 0) is 44.6 Å². The number of benzene rings is 1. The Kier molecular flexibility index (Phi) is 4.97. The van der Waals surface area contributed by atoms with E-state index in [9.17, 15) is 0 Å². The smallest absolute Gasteiger partial charge is 0.0459 e. The summed E-state index contributed by atoms with van der Waals surface area (Å²) in [5, 5.41) is 0. The highest BCUT2D eigenvalue weighted by Gasteiger charge is 2.33. The molecule has 3 nitrogen and oxygen atoms in total. The molecule has 0 fully saturated rings. The van der Waals surface area contributed by atoms with Crippen LogP contribution >= 0.6 is 0 Å². The fourth-order valence-electron chi connectivity index (χ4n) is 3.02. The van der Waals surface area contributed by atoms with Gasteiger partial charge >= 0.3 is 0 Å². The van der Waals surface area contributed by atoms with Gasteiger partial charge in [-0.3, -0.25) is 4.90 Å². The summed E-state index contributed by atoms with van der Waals surface area (Å²) in [6.45, 7) is 5.59. The maximum absolute atomic E-state index is 6.47. The first-order chi connectivity index (χ1) is 9.13. The van der Waals surface area contributed by atoms with Gasteiger partial charge < -0.3 is 10.6 Å². The lowest BCUT2D eigenvalue weighted by Gasteiger charge is -2.32. The highest BCUT2D eigenvalue weighted by atomic mass is 15.2. The highest BCUT2D eigenvalue weighted by molar-refractivity contribution is 5.36. The molecule has 0 aliphatic heterocycles. The van der Waals surface area contributed by atoms with Crippen LogP contribution in [0.5, 0.6) is 0 Å². The Morgan fingerprint density at radius 1 is 1.16 bits per heavy atom. The number of hydrogen-bond acceptors (Lipinski definition) is 3. The standard InChI is InChI=1S/C16H27N3/c1-4-9-19(11-10-18(2)3)15-12-13-7-5-6-8-14(13)16(15)17/h5-8,15-16H,4,9-12,17H2,1-3H3. The van der Waals surface area contributed by atoms with E-state index in [1.54, 1.807) is 0 Å². The van der Waals surface area contributed by atoms with Crippen LogP contribution in [0, 0.1) is 0 Å². The zero-order chi connectivity index (χ0) is 13.8. The summed E-state index contributed by atoms with van der Waals surface area (Å²) in [6, 6.07) is 9.28. The second-order valence-electron chi connectivity index (χ2n) is 5.84. The Morgan fingerprint density at radius 2 is 1.89 bits per heavy atom. The summed E-state index contributed by atoms with van der Waals surface area (Å²) < 4.78 is 0. The molecule has 0 amide bonds. The quantitative estimate of drug-likeness (QED) is 0.849. The third kappa shape index (κ3) is 3.35. The summed E-state index contributed by atoms with van der Waals surface area (Å²) in [5.74, 6) is 0. The topological polar surface area (TPSA) is 32.5 Å². The van der Waals surface area contributed by atoms with Crippen molar-refractivity contribution in [3.8, 4) is 0 Å². The number of fused-ring (bicyclic) bond motifs is 1. The maximum Gasteiger partial charge on any atom is 0.0459 e. The lowest BCUT2D eigenvalue weighted by molar-refractivity contribution is 0.164. The second-order valence-corrected chi connectivity index (χ2v) is 5.84. The summed E-state index contributed by atoms with van der Waals surface area (Å²) in [4.78, 5) is 4.82. The van der Waals surface area contributed by atoms with Gasteiger partial charge in [0.05, 0.1) is 0 Å². The lowest BCUT2D eigenvalue weighted by Crippen LogP contribution is -2.44. The van der Waals surface area contributed by atoms with E-state index in [-0.39, 0.29) is 6.04 Å². The number of hydrogen-bond donors (Lipinski definition) is 1. The molecule has 0 spiro atoms. The van der Waals surface area contributed by atoms with E-state index >= 15 is 0 Å². The Bertz CT molecular complexity index is 403. The molecule has 0 radical (unpaired) electrons. The Labute approximate surface area is 117 Å². The molecule has 2 N–H and O–H groups in total. The molecular weight excluding hydrogens is 234 g/mol. The lowest BCUT2D eigenvalue weighted by atomic mass is 10.1. The molecule has 0 bridgehead atoms. The first-order valence-corrected chi connectivity index (χ1v) is 7.35.